The van der Waals surface area contributed by atoms with Gasteiger partial charge in [0.25, 0.3) is 0 Å². The zero-order valence-electron chi connectivity index (χ0n) is 13.6. The van der Waals surface area contributed by atoms with Gasteiger partial charge in [-0.1, -0.05) is 38.5 Å². The Balaban J connectivity index is 2.18. The molecular weight excluding hydrogens is 278 g/mol. The molecular formula is C18H29NOS. The van der Waals surface area contributed by atoms with E-state index >= 15 is 0 Å². The fraction of sp³-hybridized carbons (Fsp3) is 0.667. The second kappa shape index (κ2) is 8.09. The molecule has 0 aliphatic heterocycles. The van der Waals surface area contributed by atoms with E-state index < -0.39 is 10.8 Å². The molecule has 1 aliphatic carbocycles. The molecule has 0 radical (unpaired) electrons. The van der Waals surface area contributed by atoms with Gasteiger partial charge >= 0.3 is 0 Å². The van der Waals surface area contributed by atoms with Crippen LogP contribution in [0.15, 0.2) is 29.2 Å². The molecule has 3 heteroatoms. The zero-order chi connectivity index (χ0) is 15.2. The summed E-state index contributed by atoms with van der Waals surface area (Å²) in [5.41, 5.74) is 1.16. The molecule has 4 unspecified atom stereocenters. The molecule has 0 aromatic heterocycles. The monoisotopic (exact) mass is 307 g/mol. The van der Waals surface area contributed by atoms with Gasteiger partial charge in [-0.2, -0.15) is 0 Å². The molecule has 1 saturated carbocycles. The van der Waals surface area contributed by atoms with Crippen molar-refractivity contribution in [1.82, 2.24) is 5.32 Å². The first-order valence-corrected chi connectivity index (χ1v) is 9.58. The Hall–Kier alpha value is -0.670. The van der Waals surface area contributed by atoms with E-state index in [0.717, 1.165) is 35.8 Å². The third kappa shape index (κ3) is 4.17. The lowest BCUT2D eigenvalue weighted by Crippen LogP contribution is -2.46. The van der Waals surface area contributed by atoms with Crippen LogP contribution in [0.25, 0.3) is 0 Å². The van der Waals surface area contributed by atoms with Gasteiger partial charge in [0, 0.05) is 10.9 Å². The fourth-order valence-electron chi connectivity index (χ4n) is 3.33. The standard InChI is InChI=1S/C18H29NOS/c1-4-12-19-16-11-10-15(5-2)13-18(16)21(20)17-9-7-6-8-14(17)3/h6-9,15-16,18-19H,4-5,10-13H2,1-3H3. The van der Waals surface area contributed by atoms with E-state index in [0.29, 0.717) is 6.04 Å². The lowest BCUT2D eigenvalue weighted by molar-refractivity contribution is 0.292. The zero-order valence-corrected chi connectivity index (χ0v) is 14.4. The van der Waals surface area contributed by atoms with Crippen LogP contribution < -0.4 is 5.32 Å². The maximum Gasteiger partial charge on any atom is 0.0579 e. The average Bonchev–Trinajstić information content (AvgIpc) is 2.52. The number of aryl methyl sites for hydroxylation is 1. The number of benzene rings is 1. The van der Waals surface area contributed by atoms with Gasteiger partial charge in [0.1, 0.15) is 0 Å². The van der Waals surface area contributed by atoms with Crippen LogP contribution in [0, 0.1) is 12.8 Å². The van der Waals surface area contributed by atoms with Crippen LogP contribution >= 0.6 is 0 Å². The number of hydrogen-bond acceptors (Lipinski definition) is 2. The molecule has 0 spiro atoms. The molecule has 1 aromatic rings. The lowest BCUT2D eigenvalue weighted by atomic mass is 9.84. The Morgan fingerprint density at radius 1 is 1.24 bits per heavy atom. The highest BCUT2D eigenvalue weighted by Gasteiger charge is 2.34. The van der Waals surface area contributed by atoms with Gasteiger partial charge in [-0.25, -0.2) is 0 Å². The van der Waals surface area contributed by atoms with Crippen LogP contribution in [0.2, 0.25) is 0 Å². The van der Waals surface area contributed by atoms with Crippen molar-refractivity contribution in [2.45, 2.75) is 69.1 Å². The summed E-state index contributed by atoms with van der Waals surface area (Å²) in [5, 5.41) is 3.90. The molecule has 0 saturated heterocycles. The summed E-state index contributed by atoms with van der Waals surface area (Å²) < 4.78 is 13.1. The highest BCUT2D eigenvalue weighted by Crippen LogP contribution is 2.32. The van der Waals surface area contributed by atoms with E-state index in [1.807, 2.05) is 18.2 Å². The molecule has 1 fully saturated rings. The first-order valence-electron chi connectivity index (χ1n) is 8.36. The van der Waals surface area contributed by atoms with Crippen molar-refractivity contribution in [2.75, 3.05) is 6.54 Å². The normalized spacial score (nSPS) is 27.5. The molecule has 1 aromatic carbocycles. The Labute approximate surface area is 132 Å². The highest BCUT2D eigenvalue weighted by molar-refractivity contribution is 7.85. The van der Waals surface area contributed by atoms with Gasteiger partial charge in [0.05, 0.1) is 16.0 Å². The molecule has 0 bridgehead atoms. The molecule has 2 nitrogen and oxygen atoms in total. The van der Waals surface area contributed by atoms with Crippen LogP contribution in [-0.4, -0.2) is 22.0 Å². The number of hydrogen-bond donors (Lipinski definition) is 1. The van der Waals surface area contributed by atoms with Crippen LogP contribution in [0.1, 0.15) is 51.5 Å². The minimum absolute atomic E-state index is 0.261. The smallest absolute Gasteiger partial charge is 0.0579 e. The molecule has 2 rings (SSSR count). The lowest BCUT2D eigenvalue weighted by Gasteiger charge is -2.36. The van der Waals surface area contributed by atoms with Gasteiger partial charge in [0.15, 0.2) is 0 Å². The topological polar surface area (TPSA) is 29.1 Å². The molecule has 118 valence electrons. The van der Waals surface area contributed by atoms with Crippen molar-refractivity contribution >= 4 is 10.8 Å². The Bertz CT molecular complexity index is 474. The predicted octanol–water partition coefficient (Wildman–Crippen LogP) is 4.05. The van der Waals surface area contributed by atoms with Gasteiger partial charge in [-0.05, 0) is 56.7 Å². The average molecular weight is 308 g/mol. The molecule has 1 aliphatic rings. The number of rotatable bonds is 6. The molecule has 1 N–H and O–H groups in total. The molecule has 0 amide bonds. The Kier molecular flexibility index (Phi) is 6.43. The minimum atomic E-state index is -0.900. The van der Waals surface area contributed by atoms with E-state index in [2.05, 4.69) is 32.2 Å². The van der Waals surface area contributed by atoms with Crippen LogP contribution in [-0.2, 0) is 10.8 Å². The van der Waals surface area contributed by atoms with Crippen molar-refractivity contribution in [3.05, 3.63) is 29.8 Å². The SMILES string of the molecule is CCCNC1CCC(CC)CC1S(=O)c1ccccc1C. The van der Waals surface area contributed by atoms with E-state index in [1.165, 1.54) is 19.3 Å². The van der Waals surface area contributed by atoms with Gasteiger partial charge in [-0.3, -0.25) is 4.21 Å². The largest absolute Gasteiger partial charge is 0.313 e. The summed E-state index contributed by atoms with van der Waals surface area (Å²) >= 11 is 0. The summed E-state index contributed by atoms with van der Waals surface area (Å²) in [5.74, 6) is 0.739. The van der Waals surface area contributed by atoms with Gasteiger partial charge in [0.2, 0.25) is 0 Å². The van der Waals surface area contributed by atoms with Crippen molar-refractivity contribution < 1.29 is 4.21 Å². The maximum absolute atomic E-state index is 13.1. The van der Waals surface area contributed by atoms with E-state index in [4.69, 9.17) is 0 Å². The maximum atomic E-state index is 13.1. The first-order chi connectivity index (χ1) is 10.2. The molecule has 21 heavy (non-hydrogen) atoms. The molecule has 4 atom stereocenters. The predicted molar refractivity (Wildman–Crippen MR) is 91.1 cm³/mol. The quantitative estimate of drug-likeness (QED) is 0.859. The third-order valence-electron chi connectivity index (χ3n) is 4.72. The van der Waals surface area contributed by atoms with E-state index in [-0.39, 0.29) is 5.25 Å². The third-order valence-corrected chi connectivity index (χ3v) is 6.68. The first kappa shape index (κ1) is 16.7. The van der Waals surface area contributed by atoms with E-state index in [1.54, 1.807) is 0 Å². The fourth-order valence-corrected chi connectivity index (χ4v) is 5.23. The van der Waals surface area contributed by atoms with Gasteiger partial charge in [-0.15, -0.1) is 0 Å². The molecule has 0 heterocycles. The Morgan fingerprint density at radius 2 is 2.00 bits per heavy atom. The second-order valence-electron chi connectivity index (χ2n) is 6.25. The summed E-state index contributed by atoms with van der Waals surface area (Å²) in [7, 11) is -0.900. The minimum Gasteiger partial charge on any atom is -0.313 e. The highest BCUT2D eigenvalue weighted by atomic mass is 32.2. The summed E-state index contributed by atoms with van der Waals surface area (Å²) in [4.78, 5) is 1.03. The van der Waals surface area contributed by atoms with E-state index in [9.17, 15) is 4.21 Å². The summed E-state index contributed by atoms with van der Waals surface area (Å²) in [6.45, 7) is 7.56. The Morgan fingerprint density at radius 3 is 2.67 bits per heavy atom. The van der Waals surface area contributed by atoms with Crippen molar-refractivity contribution in [3.63, 3.8) is 0 Å². The van der Waals surface area contributed by atoms with Crippen molar-refractivity contribution in [1.29, 1.82) is 0 Å². The second-order valence-corrected chi connectivity index (χ2v) is 7.89. The van der Waals surface area contributed by atoms with Crippen LogP contribution in [0.4, 0.5) is 0 Å². The van der Waals surface area contributed by atoms with Crippen LogP contribution in [0.3, 0.4) is 0 Å². The summed E-state index contributed by atoms with van der Waals surface area (Å²) in [6.07, 6.45) is 5.89. The van der Waals surface area contributed by atoms with Gasteiger partial charge < -0.3 is 5.32 Å². The number of nitrogens with one attached hydrogen (secondary N) is 1. The van der Waals surface area contributed by atoms with Crippen molar-refractivity contribution in [3.8, 4) is 0 Å². The van der Waals surface area contributed by atoms with Crippen LogP contribution in [0.5, 0.6) is 0 Å². The van der Waals surface area contributed by atoms with Crippen molar-refractivity contribution in [2.24, 2.45) is 5.92 Å². The summed E-state index contributed by atoms with van der Waals surface area (Å²) in [6, 6.07) is 8.56.